The Morgan fingerprint density at radius 1 is 1.22 bits per heavy atom. The SMILES string of the molecule is Cc1ccc(C2CCCN2c2nc(Nc3ncc(C#N)s3)c(CO)c(-c3ccc(C(N)=O)cc3)n2)cc1. The molecule has 0 aliphatic carbocycles. The van der Waals surface area contributed by atoms with Crippen LogP contribution in [0.2, 0.25) is 0 Å². The number of hydrogen-bond donors (Lipinski definition) is 3. The summed E-state index contributed by atoms with van der Waals surface area (Å²) in [6.07, 6.45) is 3.45. The predicted octanol–water partition coefficient (Wildman–Crippen LogP) is 4.46. The molecule has 1 atom stereocenters. The van der Waals surface area contributed by atoms with E-state index in [9.17, 15) is 15.2 Å². The Bertz CT molecular complexity index is 1480. The molecular formula is C27H25N7O2S. The van der Waals surface area contributed by atoms with Crippen molar-refractivity contribution in [3.63, 3.8) is 0 Å². The number of amides is 1. The lowest BCUT2D eigenvalue weighted by Crippen LogP contribution is -2.25. The largest absolute Gasteiger partial charge is 0.391 e. The minimum Gasteiger partial charge on any atom is -0.391 e. The lowest BCUT2D eigenvalue weighted by molar-refractivity contribution is 0.100. The molecule has 186 valence electrons. The van der Waals surface area contributed by atoms with Crippen molar-refractivity contribution in [2.24, 2.45) is 5.73 Å². The zero-order chi connectivity index (χ0) is 25.9. The lowest BCUT2D eigenvalue weighted by atomic mass is 10.0. The Kier molecular flexibility index (Phi) is 6.81. The quantitative estimate of drug-likeness (QED) is 0.330. The van der Waals surface area contributed by atoms with E-state index in [2.05, 4.69) is 52.5 Å². The summed E-state index contributed by atoms with van der Waals surface area (Å²) in [6, 6.07) is 17.5. The van der Waals surface area contributed by atoms with Crippen LogP contribution in [0.3, 0.4) is 0 Å². The van der Waals surface area contributed by atoms with E-state index in [1.807, 2.05) is 0 Å². The van der Waals surface area contributed by atoms with Crippen LogP contribution in [0.4, 0.5) is 16.9 Å². The molecule has 1 aliphatic rings. The number of nitrogens with one attached hydrogen (secondary N) is 1. The average Bonchev–Trinajstić information content (AvgIpc) is 3.58. The molecule has 10 heteroatoms. The van der Waals surface area contributed by atoms with Crippen molar-refractivity contribution in [1.82, 2.24) is 15.0 Å². The smallest absolute Gasteiger partial charge is 0.248 e. The first kappa shape index (κ1) is 24.4. The van der Waals surface area contributed by atoms with Crippen molar-refractivity contribution < 1.29 is 9.90 Å². The third-order valence-electron chi connectivity index (χ3n) is 6.41. The number of nitrogens with zero attached hydrogens (tertiary/aromatic N) is 5. The second-order valence-electron chi connectivity index (χ2n) is 8.83. The van der Waals surface area contributed by atoms with Crippen molar-refractivity contribution in [3.8, 4) is 17.3 Å². The number of aliphatic hydroxyl groups is 1. The minimum absolute atomic E-state index is 0.114. The maximum absolute atomic E-state index is 11.6. The summed E-state index contributed by atoms with van der Waals surface area (Å²) in [5.41, 5.74) is 9.93. The number of rotatable bonds is 7. The molecule has 1 aliphatic heterocycles. The molecule has 1 unspecified atom stereocenters. The second-order valence-corrected chi connectivity index (χ2v) is 9.86. The highest BCUT2D eigenvalue weighted by atomic mass is 32.1. The number of carbonyl (C=O) groups is 1. The number of carbonyl (C=O) groups excluding carboxylic acids is 1. The Morgan fingerprint density at radius 3 is 2.62 bits per heavy atom. The van der Waals surface area contributed by atoms with Gasteiger partial charge in [-0.1, -0.05) is 53.3 Å². The molecule has 9 nitrogen and oxygen atoms in total. The van der Waals surface area contributed by atoms with Crippen molar-refractivity contribution in [1.29, 1.82) is 5.26 Å². The van der Waals surface area contributed by atoms with Crippen LogP contribution in [-0.4, -0.2) is 32.5 Å². The van der Waals surface area contributed by atoms with Crippen LogP contribution in [0.1, 0.15) is 50.8 Å². The number of thiazole rings is 1. The van der Waals surface area contributed by atoms with Crippen LogP contribution in [0.25, 0.3) is 11.3 Å². The summed E-state index contributed by atoms with van der Waals surface area (Å²) in [6.45, 7) is 2.52. The average molecular weight is 512 g/mol. The van der Waals surface area contributed by atoms with Crippen LogP contribution < -0.4 is 16.0 Å². The van der Waals surface area contributed by atoms with E-state index in [-0.39, 0.29) is 12.6 Å². The third-order valence-corrected chi connectivity index (χ3v) is 7.23. The Labute approximate surface area is 218 Å². The molecule has 0 spiro atoms. The van der Waals surface area contributed by atoms with Gasteiger partial charge in [-0.15, -0.1) is 0 Å². The van der Waals surface area contributed by atoms with Crippen LogP contribution in [0.15, 0.2) is 54.7 Å². The number of nitriles is 1. The van der Waals surface area contributed by atoms with E-state index in [1.165, 1.54) is 28.7 Å². The maximum atomic E-state index is 11.6. The number of hydrogen-bond acceptors (Lipinski definition) is 9. The van der Waals surface area contributed by atoms with Crippen LogP contribution in [0.5, 0.6) is 0 Å². The molecule has 4 aromatic rings. The molecule has 0 radical (unpaired) electrons. The highest BCUT2D eigenvalue weighted by Gasteiger charge is 2.30. The highest BCUT2D eigenvalue weighted by molar-refractivity contribution is 7.16. The monoisotopic (exact) mass is 511 g/mol. The molecule has 1 fully saturated rings. The van der Waals surface area contributed by atoms with Gasteiger partial charge in [0.05, 0.1) is 24.5 Å². The molecule has 0 saturated carbocycles. The summed E-state index contributed by atoms with van der Waals surface area (Å²) >= 11 is 1.20. The van der Waals surface area contributed by atoms with E-state index in [1.54, 1.807) is 24.3 Å². The number of aryl methyl sites for hydroxylation is 1. The number of nitrogens with two attached hydrogens (primary N) is 1. The van der Waals surface area contributed by atoms with E-state index >= 15 is 0 Å². The van der Waals surface area contributed by atoms with Gasteiger partial charge in [0.1, 0.15) is 16.8 Å². The standard InChI is InChI=1S/C27H25N7O2S/c1-16-4-6-17(7-5-16)22-3-2-12-34(22)26-31-23(18-8-10-19(11-9-18)24(29)36)21(15-35)25(32-26)33-27-30-14-20(13-28)37-27/h4-11,14,22,35H,2-3,12,15H2,1H3,(H2,29,36)(H,30,31,32,33). The van der Waals surface area contributed by atoms with Gasteiger partial charge in [0.2, 0.25) is 11.9 Å². The fourth-order valence-electron chi connectivity index (χ4n) is 4.51. The normalized spacial score (nSPS) is 14.9. The van der Waals surface area contributed by atoms with Crippen molar-refractivity contribution in [2.75, 3.05) is 16.8 Å². The van der Waals surface area contributed by atoms with Gasteiger partial charge < -0.3 is 21.1 Å². The number of benzene rings is 2. The third kappa shape index (κ3) is 5.00. The zero-order valence-corrected chi connectivity index (χ0v) is 21.0. The lowest BCUT2D eigenvalue weighted by Gasteiger charge is -2.27. The summed E-state index contributed by atoms with van der Waals surface area (Å²) in [4.78, 5) is 28.2. The van der Waals surface area contributed by atoms with Gasteiger partial charge in [-0.3, -0.25) is 4.79 Å². The number of aromatic nitrogens is 3. The van der Waals surface area contributed by atoms with Crippen molar-refractivity contribution >= 4 is 34.1 Å². The van der Waals surface area contributed by atoms with Gasteiger partial charge in [0.25, 0.3) is 0 Å². The number of aliphatic hydroxyl groups excluding tert-OH is 1. The van der Waals surface area contributed by atoms with Gasteiger partial charge in [0.15, 0.2) is 5.13 Å². The molecule has 2 aromatic carbocycles. The summed E-state index contributed by atoms with van der Waals surface area (Å²) in [5, 5.41) is 23.2. The molecular weight excluding hydrogens is 486 g/mol. The van der Waals surface area contributed by atoms with E-state index < -0.39 is 5.91 Å². The summed E-state index contributed by atoms with van der Waals surface area (Å²) < 4.78 is 0. The summed E-state index contributed by atoms with van der Waals surface area (Å²) in [5.74, 6) is 0.415. The molecule has 37 heavy (non-hydrogen) atoms. The van der Waals surface area contributed by atoms with E-state index in [4.69, 9.17) is 15.7 Å². The predicted molar refractivity (Wildman–Crippen MR) is 143 cm³/mol. The topological polar surface area (TPSA) is 141 Å². The van der Waals surface area contributed by atoms with E-state index in [0.717, 1.165) is 19.4 Å². The Hall–Kier alpha value is -4.33. The van der Waals surface area contributed by atoms with Crippen molar-refractivity contribution in [2.45, 2.75) is 32.4 Å². The number of anilines is 3. The molecule has 0 bridgehead atoms. The minimum atomic E-state index is -0.519. The van der Waals surface area contributed by atoms with Gasteiger partial charge in [-0.25, -0.2) is 9.97 Å². The highest BCUT2D eigenvalue weighted by Crippen LogP contribution is 2.38. The van der Waals surface area contributed by atoms with Crippen molar-refractivity contribution in [3.05, 3.63) is 81.9 Å². The fraction of sp³-hybridized carbons (Fsp3) is 0.222. The molecule has 1 saturated heterocycles. The van der Waals surface area contributed by atoms with Gasteiger partial charge in [0, 0.05) is 23.2 Å². The fourth-order valence-corrected chi connectivity index (χ4v) is 5.12. The van der Waals surface area contributed by atoms with Gasteiger partial charge in [-0.05, 0) is 37.5 Å². The molecule has 5 rings (SSSR count). The molecule has 3 heterocycles. The van der Waals surface area contributed by atoms with Crippen LogP contribution in [-0.2, 0) is 6.61 Å². The zero-order valence-electron chi connectivity index (χ0n) is 20.2. The second kappa shape index (κ2) is 10.3. The molecule has 4 N–H and O–H groups in total. The van der Waals surface area contributed by atoms with Gasteiger partial charge >= 0.3 is 0 Å². The molecule has 1 amide bonds. The number of primary amides is 1. The first-order valence-electron chi connectivity index (χ1n) is 11.8. The summed E-state index contributed by atoms with van der Waals surface area (Å²) in [7, 11) is 0. The van der Waals surface area contributed by atoms with Crippen LogP contribution in [0, 0.1) is 18.3 Å². The van der Waals surface area contributed by atoms with Gasteiger partial charge in [-0.2, -0.15) is 10.2 Å². The first-order valence-corrected chi connectivity index (χ1v) is 12.7. The Balaban J connectivity index is 1.62. The first-order chi connectivity index (χ1) is 18.0. The maximum Gasteiger partial charge on any atom is 0.248 e. The molecule has 2 aromatic heterocycles. The van der Waals surface area contributed by atoms with E-state index in [0.29, 0.717) is 44.2 Å². The Morgan fingerprint density at radius 2 is 1.97 bits per heavy atom. The van der Waals surface area contributed by atoms with Crippen LogP contribution >= 0.6 is 11.3 Å².